The van der Waals surface area contributed by atoms with Crippen molar-refractivity contribution in [1.29, 1.82) is 0 Å². The molecule has 1 atom stereocenters. The van der Waals surface area contributed by atoms with E-state index in [0.29, 0.717) is 6.54 Å². The molecule has 138 valence electrons. The second-order valence-corrected chi connectivity index (χ2v) is 8.18. The lowest BCUT2D eigenvalue weighted by atomic mass is 9.97. The first-order valence-corrected chi connectivity index (χ1v) is 10.3. The SMILES string of the molecule is Cc1ccsc1/C(=C\CCN1CCCC(C(=O)O)C1)c1ccc(Cl)cc1. The Morgan fingerprint density at radius 1 is 1.35 bits per heavy atom. The lowest BCUT2D eigenvalue weighted by Crippen LogP contribution is -2.39. The minimum absolute atomic E-state index is 0.219. The van der Waals surface area contributed by atoms with E-state index in [4.69, 9.17) is 11.6 Å². The zero-order valence-corrected chi connectivity index (χ0v) is 16.5. The fourth-order valence-corrected chi connectivity index (χ4v) is 4.59. The van der Waals surface area contributed by atoms with Crippen molar-refractivity contribution < 1.29 is 9.90 Å². The molecule has 1 aromatic heterocycles. The van der Waals surface area contributed by atoms with Gasteiger partial charge in [0.1, 0.15) is 0 Å². The van der Waals surface area contributed by atoms with Gasteiger partial charge < -0.3 is 10.0 Å². The minimum atomic E-state index is -0.665. The predicted molar refractivity (Wildman–Crippen MR) is 109 cm³/mol. The van der Waals surface area contributed by atoms with Crippen LogP contribution >= 0.6 is 22.9 Å². The zero-order chi connectivity index (χ0) is 18.5. The number of halogens is 1. The van der Waals surface area contributed by atoms with Gasteiger partial charge in [0.15, 0.2) is 0 Å². The Kier molecular flexibility index (Phi) is 6.52. The van der Waals surface area contributed by atoms with Gasteiger partial charge in [-0.05, 0) is 73.0 Å². The number of hydrogen-bond acceptors (Lipinski definition) is 3. The van der Waals surface area contributed by atoms with Crippen LogP contribution in [-0.2, 0) is 4.79 Å². The van der Waals surface area contributed by atoms with Crippen LogP contribution in [0, 0.1) is 12.8 Å². The Balaban J connectivity index is 1.74. The fourth-order valence-electron chi connectivity index (χ4n) is 3.47. The van der Waals surface area contributed by atoms with Gasteiger partial charge in [-0.2, -0.15) is 0 Å². The van der Waals surface area contributed by atoms with Gasteiger partial charge in [0.25, 0.3) is 0 Å². The van der Waals surface area contributed by atoms with Crippen LogP contribution in [0.15, 0.2) is 41.8 Å². The quantitative estimate of drug-likeness (QED) is 0.726. The summed E-state index contributed by atoms with van der Waals surface area (Å²) in [7, 11) is 0. The van der Waals surface area contributed by atoms with Gasteiger partial charge in [0, 0.05) is 23.0 Å². The molecule has 1 aliphatic heterocycles. The van der Waals surface area contributed by atoms with E-state index in [2.05, 4.69) is 41.5 Å². The number of piperidine rings is 1. The molecule has 2 aromatic rings. The Hall–Kier alpha value is -1.62. The number of carboxylic acids is 1. The first kappa shape index (κ1) is 19.2. The summed E-state index contributed by atoms with van der Waals surface area (Å²) in [6, 6.07) is 10.1. The van der Waals surface area contributed by atoms with E-state index in [9.17, 15) is 9.90 Å². The maximum absolute atomic E-state index is 11.2. The third kappa shape index (κ3) is 4.76. The molecule has 0 saturated carbocycles. The maximum atomic E-state index is 11.2. The van der Waals surface area contributed by atoms with Crippen LogP contribution in [0.4, 0.5) is 0 Å². The number of aryl methyl sites for hydroxylation is 1. The lowest BCUT2D eigenvalue weighted by molar-refractivity contribution is -0.143. The lowest BCUT2D eigenvalue weighted by Gasteiger charge is -2.30. The van der Waals surface area contributed by atoms with Gasteiger partial charge in [0.2, 0.25) is 0 Å². The number of aliphatic carboxylic acids is 1. The van der Waals surface area contributed by atoms with Crippen molar-refractivity contribution in [2.24, 2.45) is 5.92 Å². The van der Waals surface area contributed by atoms with Gasteiger partial charge in [-0.15, -0.1) is 11.3 Å². The summed E-state index contributed by atoms with van der Waals surface area (Å²) in [6.07, 6.45) is 4.95. The van der Waals surface area contributed by atoms with Gasteiger partial charge in [0.05, 0.1) is 5.92 Å². The minimum Gasteiger partial charge on any atom is -0.481 e. The smallest absolute Gasteiger partial charge is 0.307 e. The van der Waals surface area contributed by atoms with Crippen molar-refractivity contribution in [3.8, 4) is 0 Å². The number of carbonyl (C=O) groups is 1. The number of carboxylic acid groups (broad SMARTS) is 1. The van der Waals surface area contributed by atoms with E-state index in [1.54, 1.807) is 11.3 Å². The van der Waals surface area contributed by atoms with Crippen molar-refractivity contribution in [3.63, 3.8) is 0 Å². The molecule has 1 N–H and O–H groups in total. The zero-order valence-electron chi connectivity index (χ0n) is 15.0. The van der Waals surface area contributed by atoms with Crippen LogP contribution in [0.5, 0.6) is 0 Å². The van der Waals surface area contributed by atoms with Crippen LogP contribution in [0.1, 0.15) is 35.3 Å². The first-order valence-electron chi connectivity index (χ1n) is 9.00. The molecule has 0 radical (unpaired) electrons. The molecule has 26 heavy (non-hydrogen) atoms. The van der Waals surface area contributed by atoms with E-state index in [1.807, 2.05) is 12.1 Å². The number of thiophene rings is 1. The highest BCUT2D eigenvalue weighted by atomic mass is 35.5. The van der Waals surface area contributed by atoms with Crippen LogP contribution in [-0.4, -0.2) is 35.6 Å². The Bertz CT molecular complexity index is 782. The fraction of sp³-hybridized carbons (Fsp3) is 0.381. The number of hydrogen-bond donors (Lipinski definition) is 1. The summed E-state index contributed by atoms with van der Waals surface area (Å²) in [6.45, 7) is 4.69. The monoisotopic (exact) mass is 389 g/mol. The van der Waals surface area contributed by atoms with Crippen molar-refractivity contribution in [2.45, 2.75) is 26.2 Å². The van der Waals surface area contributed by atoms with Gasteiger partial charge in [-0.25, -0.2) is 0 Å². The number of benzene rings is 1. The molecule has 1 aliphatic rings. The van der Waals surface area contributed by atoms with E-state index >= 15 is 0 Å². The summed E-state index contributed by atoms with van der Waals surface area (Å²) < 4.78 is 0. The number of rotatable bonds is 6. The summed E-state index contributed by atoms with van der Waals surface area (Å²) in [5, 5.41) is 12.1. The summed E-state index contributed by atoms with van der Waals surface area (Å²) in [5.74, 6) is -0.885. The van der Waals surface area contributed by atoms with Crippen LogP contribution in [0.2, 0.25) is 5.02 Å². The molecular weight excluding hydrogens is 366 g/mol. The molecule has 2 heterocycles. The molecular formula is C21H24ClNO2S. The highest BCUT2D eigenvalue weighted by Gasteiger charge is 2.24. The molecule has 0 amide bonds. The third-order valence-corrected chi connectivity index (χ3v) is 6.21. The largest absolute Gasteiger partial charge is 0.481 e. The standard InChI is InChI=1S/C21H24ClNO2S/c1-15-10-13-26-20(15)19(16-6-8-18(22)9-7-16)5-3-12-23-11-2-4-17(14-23)21(24)25/h5-10,13,17H,2-4,11-12,14H2,1H3,(H,24,25)/b19-5-. The van der Waals surface area contributed by atoms with Crippen molar-refractivity contribution in [2.75, 3.05) is 19.6 Å². The maximum Gasteiger partial charge on any atom is 0.307 e. The average Bonchev–Trinajstić information content (AvgIpc) is 3.06. The number of nitrogens with zero attached hydrogens (tertiary/aromatic N) is 1. The van der Waals surface area contributed by atoms with E-state index in [-0.39, 0.29) is 5.92 Å². The molecule has 5 heteroatoms. The summed E-state index contributed by atoms with van der Waals surface area (Å²) in [4.78, 5) is 14.8. The van der Waals surface area contributed by atoms with Crippen LogP contribution < -0.4 is 0 Å². The topological polar surface area (TPSA) is 40.5 Å². The third-order valence-electron chi connectivity index (χ3n) is 4.91. The Morgan fingerprint density at radius 3 is 2.77 bits per heavy atom. The first-order chi connectivity index (χ1) is 12.5. The van der Waals surface area contributed by atoms with Crippen LogP contribution in [0.3, 0.4) is 0 Å². The molecule has 1 saturated heterocycles. The Morgan fingerprint density at radius 2 is 2.12 bits per heavy atom. The normalized spacial score (nSPS) is 18.8. The molecule has 0 aliphatic carbocycles. The van der Waals surface area contributed by atoms with Crippen LogP contribution in [0.25, 0.3) is 5.57 Å². The molecule has 0 bridgehead atoms. The van der Waals surface area contributed by atoms with Gasteiger partial charge in [-0.3, -0.25) is 4.79 Å². The van der Waals surface area contributed by atoms with Crippen molar-refractivity contribution in [3.05, 3.63) is 62.8 Å². The van der Waals surface area contributed by atoms with Crippen molar-refractivity contribution in [1.82, 2.24) is 4.90 Å². The molecule has 1 unspecified atom stereocenters. The summed E-state index contributed by atoms with van der Waals surface area (Å²) in [5.41, 5.74) is 3.68. The summed E-state index contributed by atoms with van der Waals surface area (Å²) >= 11 is 7.80. The molecule has 0 spiro atoms. The molecule has 1 fully saturated rings. The molecule has 3 nitrogen and oxygen atoms in total. The van der Waals surface area contributed by atoms with Crippen molar-refractivity contribution >= 4 is 34.5 Å². The van der Waals surface area contributed by atoms with Gasteiger partial charge in [-0.1, -0.05) is 29.8 Å². The van der Waals surface area contributed by atoms with E-state index in [1.165, 1.54) is 21.6 Å². The second-order valence-electron chi connectivity index (χ2n) is 6.82. The second kappa shape index (κ2) is 8.85. The highest BCUT2D eigenvalue weighted by Crippen LogP contribution is 2.31. The van der Waals surface area contributed by atoms with E-state index in [0.717, 1.165) is 37.4 Å². The molecule has 1 aromatic carbocycles. The Labute approximate surface area is 163 Å². The highest BCUT2D eigenvalue weighted by molar-refractivity contribution is 7.11. The van der Waals surface area contributed by atoms with Gasteiger partial charge >= 0.3 is 5.97 Å². The molecule has 3 rings (SSSR count). The average molecular weight is 390 g/mol. The predicted octanol–water partition coefficient (Wildman–Crippen LogP) is 5.33. The van der Waals surface area contributed by atoms with E-state index < -0.39 is 5.97 Å². The number of likely N-dealkylation sites (tertiary alicyclic amines) is 1.